The number of carboxylic acids is 1. The first kappa shape index (κ1) is 10.7. The Morgan fingerprint density at radius 1 is 1.25 bits per heavy atom. The number of carboxylic acid groups (broad SMARTS) is 1. The van der Waals surface area contributed by atoms with E-state index in [0.29, 0.717) is 0 Å². The fraction of sp³-hybridized carbons (Fsp3) is 0.500. The number of aliphatic hydroxyl groups excluding tert-OH is 2. The maximum atomic E-state index is 10.3. The summed E-state index contributed by atoms with van der Waals surface area (Å²) in [6.45, 7) is -0.192. The summed E-state index contributed by atoms with van der Waals surface area (Å²) in [6.07, 6.45) is 0. The Hall–Kier alpha value is -1.27. The molecule has 0 atom stereocenters. The standard InChI is InChI=1S/C6H10O6/c1-4(5(9)10)6(11-2-7)12-3-8/h7-8H,2-3H2,1H3,(H,9,10). The van der Waals surface area contributed by atoms with Gasteiger partial charge < -0.3 is 24.8 Å². The lowest BCUT2D eigenvalue weighted by atomic mass is 10.3. The monoisotopic (exact) mass is 178 g/mol. The van der Waals surface area contributed by atoms with Crippen molar-refractivity contribution in [2.24, 2.45) is 0 Å². The van der Waals surface area contributed by atoms with Crippen LogP contribution in [-0.2, 0) is 14.3 Å². The molecule has 3 N–H and O–H groups in total. The van der Waals surface area contributed by atoms with E-state index in [-0.39, 0.29) is 5.57 Å². The third-order valence-corrected chi connectivity index (χ3v) is 1.02. The van der Waals surface area contributed by atoms with Gasteiger partial charge in [-0.15, -0.1) is 0 Å². The first-order chi connectivity index (χ1) is 5.63. The van der Waals surface area contributed by atoms with Gasteiger partial charge in [-0.3, -0.25) is 0 Å². The molecule has 0 rings (SSSR count). The van der Waals surface area contributed by atoms with Crippen LogP contribution in [0.5, 0.6) is 0 Å². The predicted octanol–water partition coefficient (Wildman–Crippen LogP) is -0.765. The van der Waals surface area contributed by atoms with Gasteiger partial charge in [0.2, 0.25) is 0 Å². The second-order valence-corrected chi connectivity index (χ2v) is 1.76. The van der Waals surface area contributed by atoms with Crippen molar-refractivity contribution in [3.05, 3.63) is 11.5 Å². The van der Waals surface area contributed by atoms with Gasteiger partial charge in [0.15, 0.2) is 13.6 Å². The largest absolute Gasteiger partial charge is 0.478 e. The molecule has 0 aliphatic rings. The minimum atomic E-state index is -1.24. The van der Waals surface area contributed by atoms with Gasteiger partial charge in [-0.2, -0.15) is 0 Å². The lowest BCUT2D eigenvalue weighted by Crippen LogP contribution is -2.08. The molecule has 0 unspecified atom stereocenters. The van der Waals surface area contributed by atoms with Crippen molar-refractivity contribution < 1.29 is 29.6 Å². The Morgan fingerprint density at radius 2 is 1.67 bits per heavy atom. The highest BCUT2D eigenvalue weighted by molar-refractivity contribution is 5.86. The molecule has 0 saturated heterocycles. The topological polar surface area (TPSA) is 96.2 Å². The smallest absolute Gasteiger partial charge is 0.338 e. The van der Waals surface area contributed by atoms with E-state index in [9.17, 15) is 4.79 Å². The molecule has 70 valence electrons. The van der Waals surface area contributed by atoms with E-state index in [1.807, 2.05) is 0 Å². The lowest BCUT2D eigenvalue weighted by Gasteiger charge is -2.08. The zero-order valence-electron chi connectivity index (χ0n) is 6.48. The molecule has 0 amide bonds. The maximum absolute atomic E-state index is 10.3. The molecule has 0 aliphatic heterocycles. The van der Waals surface area contributed by atoms with E-state index >= 15 is 0 Å². The molecule has 0 bridgehead atoms. The first-order valence-electron chi connectivity index (χ1n) is 3.05. The minimum absolute atomic E-state index is 0.224. The normalized spacial score (nSPS) is 8.92. The van der Waals surface area contributed by atoms with Crippen molar-refractivity contribution in [1.29, 1.82) is 0 Å². The van der Waals surface area contributed by atoms with Crippen LogP contribution in [0.25, 0.3) is 0 Å². The molecule has 0 aromatic heterocycles. The van der Waals surface area contributed by atoms with Gasteiger partial charge in [0, 0.05) is 0 Å². The zero-order chi connectivity index (χ0) is 9.56. The number of rotatable bonds is 5. The molecule has 0 aromatic rings. The Kier molecular flexibility index (Phi) is 4.82. The SMILES string of the molecule is CC(C(=O)O)=C(OCO)OCO. The average molecular weight is 178 g/mol. The molecular formula is C6H10O6. The Labute approximate surface area is 68.6 Å². The van der Waals surface area contributed by atoms with Crippen LogP contribution in [0.15, 0.2) is 11.5 Å². The van der Waals surface area contributed by atoms with E-state index in [2.05, 4.69) is 9.47 Å². The molecular weight excluding hydrogens is 168 g/mol. The number of carbonyl (C=O) groups is 1. The Bertz CT molecular complexity index is 176. The predicted molar refractivity (Wildman–Crippen MR) is 36.7 cm³/mol. The van der Waals surface area contributed by atoms with E-state index < -0.39 is 25.5 Å². The van der Waals surface area contributed by atoms with Crippen molar-refractivity contribution in [3.63, 3.8) is 0 Å². The summed E-state index contributed by atoms with van der Waals surface area (Å²) in [4.78, 5) is 10.3. The van der Waals surface area contributed by atoms with E-state index in [1.54, 1.807) is 0 Å². The van der Waals surface area contributed by atoms with Gasteiger partial charge in [-0.05, 0) is 6.92 Å². The number of ether oxygens (including phenoxy) is 2. The molecule has 0 radical (unpaired) electrons. The summed E-state index contributed by atoms with van der Waals surface area (Å²) < 4.78 is 8.76. The highest BCUT2D eigenvalue weighted by Crippen LogP contribution is 2.06. The summed E-state index contributed by atoms with van der Waals surface area (Å²) >= 11 is 0. The molecule has 0 aromatic carbocycles. The van der Waals surface area contributed by atoms with Crippen molar-refractivity contribution in [3.8, 4) is 0 Å². The fourth-order valence-corrected chi connectivity index (χ4v) is 0.463. The van der Waals surface area contributed by atoms with Crippen LogP contribution in [0.2, 0.25) is 0 Å². The molecule has 0 aliphatic carbocycles. The maximum Gasteiger partial charge on any atom is 0.338 e. The highest BCUT2D eigenvalue weighted by Gasteiger charge is 2.11. The second kappa shape index (κ2) is 5.39. The summed E-state index contributed by atoms with van der Waals surface area (Å²) in [5.41, 5.74) is -0.224. The van der Waals surface area contributed by atoms with Crippen LogP contribution in [0.3, 0.4) is 0 Å². The third-order valence-electron chi connectivity index (χ3n) is 1.02. The Morgan fingerprint density at radius 3 is 1.92 bits per heavy atom. The average Bonchev–Trinajstić information content (AvgIpc) is 2.03. The van der Waals surface area contributed by atoms with Gasteiger partial charge in [0.05, 0.1) is 0 Å². The molecule has 6 nitrogen and oxygen atoms in total. The molecule has 0 heterocycles. The van der Waals surface area contributed by atoms with Gasteiger partial charge in [0.1, 0.15) is 5.57 Å². The Balaban J connectivity index is 4.43. The summed E-state index contributed by atoms with van der Waals surface area (Å²) in [5, 5.41) is 25.0. The third kappa shape index (κ3) is 3.22. The lowest BCUT2D eigenvalue weighted by molar-refractivity contribution is -0.134. The summed E-state index contributed by atoms with van der Waals surface area (Å²) in [5.74, 6) is -1.64. The van der Waals surface area contributed by atoms with Crippen LogP contribution in [0.1, 0.15) is 6.92 Å². The van der Waals surface area contributed by atoms with Crippen molar-refractivity contribution in [2.75, 3.05) is 13.6 Å². The molecule has 0 fully saturated rings. The van der Waals surface area contributed by atoms with Crippen molar-refractivity contribution >= 4 is 5.97 Å². The van der Waals surface area contributed by atoms with Gasteiger partial charge in [-0.25, -0.2) is 4.79 Å². The second-order valence-electron chi connectivity index (χ2n) is 1.76. The van der Waals surface area contributed by atoms with Crippen LogP contribution < -0.4 is 0 Å². The van der Waals surface area contributed by atoms with Crippen molar-refractivity contribution in [1.82, 2.24) is 0 Å². The first-order valence-corrected chi connectivity index (χ1v) is 3.05. The van der Waals surface area contributed by atoms with Gasteiger partial charge in [0.25, 0.3) is 5.95 Å². The van der Waals surface area contributed by atoms with Gasteiger partial charge >= 0.3 is 5.97 Å². The number of aliphatic carboxylic acids is 1. The van der Waals surface area contributed by atoms with Crippen LogP contribution in [0, 0.1) is 0 Å². The van der Waals surface area contributed by atoms with Crippen LogP contribution >= 0.6 is 0 Å². The number of hydrogen-bond acceptors (Lipinski definition) is 5. The molecule has 0 spiro atoms. The van der Waals surface area contributed by atoms with E-state index in [4.69, 9.17) is 15.3 Å². The number of hydrogen-bond donors (Lipinski definition) is 3. The molecule has 6 heteroatoms. The van der Waals surface area contributed by atoms with Crippen molar-refractivity contribution in [2.45, 2.75) is 6.92 Å². The van der Waals surface area contributed by atoms with Crippen LogP contribution in [-0.4, -0.2) is 34.9 Å². The minimum Gasteiger partial charge on any atom is -0.478 e. The van der Waals surface area contributed by atoms with E-state index in [1.165, 1.54) is 6.92 Å². The molecule has 12 heavy (non-hydrogen) atoms. The zero-order valence-corrected chi connectivity index (χ0v) is 6.48. The summed E-state index contributed by atoms with van der Waals surface area (Å²) in [6, 6.07) is 0. The van der Waals surface area contributed by atoms with Crippen LogP contribution in [0.4, 0.5) is 0 Å². The molecule has 0 saturated carbocycles. The number of aliphatic hydroxyl groups is 2. The highest BCUT2D eigenvalue weighted by atomic mass is 16.7. The van der Waals surface area contributed by atoms with Gasteiger partial charge in [-0.1, -0.05) is 0 Å². The quantitative estimate of drug-likeness (QED) is 0.291. The fourth-order valence-electron chi connectivity index (χ4n) is 0.463. The summed E-state index contributed by atoms with van der Waals surface area (Å²) in [7, 11) is 0. The van der Waals surface area contributed by atoms with E-state index in [0.717, 1.165) is 0 Å².